The molecule has 1 aromatic rings. The Morgan fingerprint density at radius 1 is 1.19 bits per heavy atom. The second kappa shape index (κ2) is 6.02. The van der Waals surface area contributed by atoms with Crippen molar-refractivity contribution in [2.45, 2.75) is 52.2 Å². The third-order valence-corrected chi connectivity index (χ3v) is 2.29. The van der Waals surface area contributed by atoms with Crippen LogP contribution >= 0.6 is 0 Å². The van der Waals surface area contributed by atoms with Gasteiger partial charge in [0.05, 0.1) is 11.6 Å². The molecule has 0 bridgehead atoms. The molecule has 0 heterocycles. The fourth-order valence-corrected chi connectivity index (χ4v) is 1.52. The quantitative estimate of drug-likeness (QED) is 0.763. The molecule has 1 atom stereocenters. The number of nitrogens with one attached hydrogen (secondary N) is 1. The van der Waals surface area contributed by atoms with Crippen LogP contribution in [0, 0.1) is 0 Å². The highest BCUT2D eigenvalue weighted by molar-refractivity contribution is 5.18. The first-order chi connectivity index (χ1) is 7.53. The molecule has 0 saturated carbocycles. The van der Waals surface area contributed by atoms with Crippen LogP contribution in [-0.2, 0) is 4.84 Å². The second-order valence-electron chi connectivity index (χ2n) is 5.08. The minimum absolute atomic E-state index is 0.152. The van der Waals surface area contributed by atoms with Gasteiger partial charge in [-0.2, -0.15) is 5.48 Å². The van der Waals surface area contributed by atoms with Crippen molar-refractivity contribution in [2.75, 3.05) is 0 Å². The summed E-state index contributed by atoms with van der Waals surface area (Å²) >= 11 is 0. The number of hydroxylamine groups is 1. The monoisotopic (exact) mass is 221 g/mol. The Kier molecular flexibility index (Phi) is 4.97. The zero-order valence-electron chi connectivity index (χ0n) is 10.8. The maximum atomic E-state index is 5.65. The summed E-state index contributed by atoms with van der Waals surface area (Å²) in [5.74, 6) is 0. The Morgan fingerprint density at radius 3 is 2.31 bits per heavy atom. The predicted octanol–water partition coefficient (Wildman–Crippen LogP) is 3.85. The normalized spacial score (nSPS) is 13.8. The van der Waals surface area contributed by atoms with Crippen LogP contribution in [0.25, 0.3) is 0 Å². The summed E-state index contributed by atoms with van der Waals surface area (Å²) in [7, 11) is 0. The number of benzene rings is 1. The Labute approximate surface area is 99.0 Å². The molecule has 1 N–H and O–H groups in total. The molecule has 2 nitrogen and oxygen atoms in total. The van der Waals surface area contributed by atoms with Gasteiger partial charge in [-0.1, -0.05) is 43.7 Å². The van der Waals surface area contributed by atoms with Crippen molar-refractivity contribution in [3.05, 3.63) is 35.9 Å². The van der Waals surface area contributed by atoms with Crippen LogP contribution in [0.2, 0.25) is 0 Å². The molecule has 0 aromatic heterocycles. The molecule has 0 saturated heterocycles. The summed E-state index contributed by atoms with van der Waals surface area (Å²) < 4.78 is 0. The summed E-state index contributed by atoms with van der Waals surface area (Å²) in [6, 6.07) is 10.7. The minimum Gasteiger partial charge on any atom is -0.296 e. The van der Waals surface area contributed by atoms with E-state index in [1.165, 1.54) is 5.56 Å². The molecule has 2 heteroatoms. The maximum Gasteiger partial charge on any atom is 0.0813 e. The first-order valence-electron chi connectivity index (χ1n) is 6.01. The van der Waals surface area contributed by atoms with E-state index in [4.69, 9.17) is 4.84 Å². The molecule has 1 unspecified atom stereocenters. The number of rotatable bonds is 5. The van der Waals surface area contributed by atoms with Crippen LogP contribution in [0.3, 0.4) is 0 Å². The van der Waals surface area contributed by atoms with Gasteiger partial charge in [-0.15, -0.1) is 0 Å². The zero-order valence-corrected chi connectivity index (χ0v) is 10.8. The first kappa shape index (κ1) is 13.2. The molecule has 0 fully saturated rings. The topological polar surface area (TPSA) is 21.3 Å². The van der Waals surface area contributed by atoms with Gasteiger partial charge in [0.1, 0.15) is 0 Å². The number of hydrogen-bond acceptors (Lipinski definition) is 2. The van der Waals surface area contributed by atoms with Gasteiger partial charge in [0.15, 0.2) is 0 Å². The number of hydrogen-bond donors (Lipinski definition) is 1. The van der Waals surface area contributed by atoms with Crippen molar-refractivity contribution in [3.63, 3.8) is 0 Å². The highest BCUT2D eigenvalue weighted by atomic mass is 16.7. The molecule has 0 radical (unpaired) electrons. The van der Waals surface area contributed by atoms with Crippen LogP contribution in [-0.4, -0.2) is 5.60 Å². The summed E-state index contributed by atoms with van der Waals surface area (Å²) in [5, 5.41) is 0. The molecule has 0 aliphatic carbocycles. The van der Waals surface area contributed by atoms with Crippen molar-refractivity contribution < 1.29 is 4.84 Å². The summed E-state index contributed by atoms with van der Waals surface area (Å²) in [6.45, 7) is 8.34. The molecule has 0 amide bonds. The summed E-state index contributed by atoms with van der Waals surface area (Å²) in [5.41, 5.74) is 4.31. The smallest absolute Gasteiger partial charge is 0.0813 e. The third-order valence-electron chi connectivity index (χ3n) is 2.29. The van der Waals surface area contributed by atoms with Gasteiger partial charge in [0.25, 0.3) is 0 Å². The third kappa shape index (κ3) is 4.77. The molecule has 16 heavy (non-hydrogen) atoms. The van der Waals surface area contributed by atoms with Crippen molar-refractivity contribution in [3.8, 4) is 0 Å². The minimum atomic E-state index is -0.152. The first-order valence-corrected chi connectivity index (χ1v) is 6.01. The van der Waals surface area contributed by atoms with Crippen LogP contribution in [0.4, 0.5) is 0 Å². The van der Waals surface area contributed by atoms with Gasteiger partial charge in [0.2, 0.25) is 0 Å². The Hall–Kier alpha value is -0.860. The molecule has 0 aliphatic rings. The largest absolute Gasteiger partial charge is 0.296 e. The van der Waals surface area contributed by atoms with Crippen molar-refractivity contribution in [2.24, 2.45) is 0 Å². The van der Waals surface area contributed by atoms with Crippen molar-refractivity contribution in [1.29, 1.82) is 0 Å². The lowest BCUT2D eigenvalue weighted by molar-refractivity contribution is -0.0902. The summed E-state index contributed by atoms with van der Waals surface area (Å²) in [4.78, 5) is 5.65. The van der Waals surface area contributed by atoms with Gasteiger partial charge in [-0.25, -0.2) is 0 Å². The van der Waals surface area contributed by atoms with Gasteiger partial charge >= 0.3 is 0 Å². The Balaban J connectivity index is 2.61. The molecular formula is C14H23NO. The molecule has 0 spiro atoms. The fourth-order valence-electron chi connectivity index (χ4n) is 1.52. The highest BCUT2D eigenvalue weighted by Crippen LogP contribution is 2.19. The molecule has 1 rings (SSSR count). The van der Waals surface area contributed by atoms with Crippen molar-refractivity contribution >= 4 is 0 Å². The Morgan fingerprint density at radius 2 is 1.81 bits per heavy atom. The van der Waals surface area contributed by atoms with E-state index in [2.05, 4.69) is 36.7 Å². The second-order valence-corrected chi connectivity index (χ2v) is 5.08. The SMILES string of the molecule is CCCC(NOC(C)(C)C)c1ccccc1. The predicted molar refractivity (Wildman–Crippen MR) is 68.1 cm³/mol. The van der Waals surface area contributed by atoms with E-state index in [9.17, 15) is 0 Å². The van der Waals surface area contributed by atoms with Gasteiger partial charge < -0.3 is 0 Å². The average Bonchev–Trinajstić information content (AvgIpc) is 2.24. The molecule has 0 aliphatic heterocycles. The van der Waals surface area contributed by atoms with Crippen molar-refractivity contribution in [1.82, 2.24) is 5.48 Å². The molecule has 90 valence electrons. The molecular weight excluding hydrogens is 198 g/mol. The lowest BCUT2D eigenvalue weighted by Crippen LogP contribution is -2.32. The highest BCUT2D eigenvalue weighted by Gasteiger charge is 2.15. The van der Waals surface area contributed by atoms with Crippen LogP contribution in [0.1, 0.15) is 52.1 Å². The van der Waals surface area contributed by atoms with E-state index >= 15 is 0 Å². The average molecular weight is 221 g/mol. The maximum absolute atomic E-state index is 5.65. The van der Waals surface area contributed by atoms with E-state index in [1.54, 1.807) is 0 Å². The van der Waals surface area contributed by atoms with E-state index in [0.29, 0.717) is 0 Å². The van der Waals surface area contributed by atoms with E-state index in [1.807, 2.05) is 26.8 Å². The van der Waals surface area contributed by atoms with Gasteiger partial charge in [-0.05, 0) is 32.8 Å². The summed E-state index contributed by atoms with van der Waals surface area (Å²) in [6.07, 6.45) is 2.22. The van der Waals surface area contributed by atoms with E-state index in [0.717, 1.165) is 12.8 Å². The zero-order chi connectivity index (χ0) is 12.0. The molecule has 1 aromatic carbocycles. The standard InChI is InChI=1S/C14H23NO/c1-5-9-13(15-16-14(2,3)4)12-10-7-6-8-11-12/h6-8,10-11,13,15H,5,9H2,1-4H3. The van der Waals surface area contributed by atoms with E-state index in [-0.39, 0.29) is 11.6 Å². The Bertz CT molecular complexity index is 289. The lowest BCUT2D eigenvalue weighted by Gasteiger charge is -2.25. The van der Waals surface area contributed by atoms with Gasteiger partial charge in [0, 0.05) is 0 Å². The van der Waals surface area contributed by atoms with Gasteiger partial charge in [-0.3, -0.25) is 4.84 Å². The van der Waals surface area contributed by atoms with Crippen LogP contribution < -0.4 is 5.48 Å². The van der Waals surface area contributed by atoms with Crippen LogP contribution in [0.15, 0.2) is 30.3 Å². The lowest BCUT2D eigenvalue weighted by atomic mass is 10.0. The fraction of sp³-hybridized carbons (Fsp3) is 0.571. The van der Waals surface area contributed by atoms with Crippen LogP contribution in [0.5, 0.6) is 0 Å². The van der Waals surface area contributed by atoms with E-state index < -0.39 is 0 Å².